The van der Waals surface area contributed by atoms with Crippen LogP contribution in [0.15, 0.2) is 40.9 Å². The molecule has 2 amide bonds. The van der Waals surface area contributed by atoms with Crippen molar-refractivity contribution in [2.45, 2.75) is 12.4 Å². The van der Waals surface area contributed by atoms with Crippen LogP contribution in [-0.4, -0.2) is 6.03 Å². The van der Waals surface area contributed by atoms with Gasteiger partial charge in [-0.1, -0.05) is 40.3 Å². The highest BCUT2D eigenvalue weighted by Gasteiger charge is 2.34. The monoisotopic (exact) mass is 492 g/mol. The second-order valence-electron chi connectivity index (χ2n) is 5.13. The molecule has 27 heavy (non-hydrogen) atoms. The molecule has 0 radical (unpaired) electrons. The molecule has 0 aliphatic carbocycles. The van der Waals surface area contributed by atoms with Crippen molar-refractivity contribution in [3.05, 3.63) is 57.0 Å². The number of rotatable bonds is 2. The minimum atomic E-state index is -4.75. The van der Waals surface area contributed by atoms with Crippen LogP contribution in [0.25, 0.3) is 0 Å². The first-order chi connectivity index (χ1) is 12.3. The Morgan fingerprint density at radius 3 is 2.22 bits per heavy atom. The van der Waals surface area contributed by atoms with Crippen molar-refractivity contribution in [2.75, 3.05) is 9.62 Å². The molecule has 0 atom stereocenters. The van der Waals surface area contributed by atoms with E-state index in [4.69, 9.17) is 11.6 Å². The first-order valence-electron chi connectivity index (χ1n) is 6.83. The first kappa shape index (κ1) is 21.7. The number of halogens is 8. The van der Waals surface area contributed by atoms with Gasteiger partial charge in [0.1, 0.15) is 0 Å². The molecule has 0 saturated heterocycles. The molecule has 146 valence electrons. The van der Waals surface area contributed by atoms with E-state index in [9.17, 15) is 31.1 Å². The van der Waals surface area contributed by atoms with Gasteiger partial charge < -0.3 is 5.32 Å². The Labute approximate surface area is 168 Å². The molecule has 3 nitrogen and oxygen atoms in total. The molecule has 0 bridgehead atoms. The molecule has 12 heteroatoms. The topological polar surface area (TPSA) is 32.3 Å². The van der Waals surface area contributed by atoms with E-state index in [1.807, 2.05) is 0 Å². The fraction of sp³-hybridized carbons (Fsp3) is 0.133. The van der Waals surface area contributed by atoms with Crippen LogP contribution in [0, 0.1) is 0 Å². The van der Waals surface area contributed by atoms with Crippen LogP contribution < -0.4 is 9.62 Å². The molecule has 0 heterocycles. The average molecular weight is 494 g/mol. The zero-order chi connectivity index (χ0) is 20.6. The van der Waals surface area contributed by atoms with Crippen molar-refractivity contribution in [3.63, 3.8) is 0 Å². The molecule has 0 saturated carbocycles. The molecule has 0 aliphatic heterocycles. The Morgan fingerprint density at radius 2 is 1.67 bits per heavy atom. The predicted molar refractivity (Wildman–Crippen MR) is 96.1 cm³/mol. The van der Waals surface area contributed by atoms with Gasteiger partial charge in [0.05, 0.1) is 21.8 Å². The summed E-state index contributed by atoms with van der Waals surface area (Å²) in [4.78, 5) is 12.2. The lowest BCUT2D eigenvalue weighted by atomic mass is 10.2. The van der Waals surface area contributed by atoms with Crippen molar-refractivity contribution in [1.29, 1.82) is 0 Å². The van der Waals surface area contributed by atoms with E-state index in [0.717, 1.165) is 18.2 Å². The van der Waals surface area contributed by atoms with E-state index in [0.29, 0.717) is 16.4 Å². The fourth-order valence-electron chi connectivity index (χ4n) is 1.97. The Kier molecular flexibility index (Phi) is 6.27. The standard InChI is InChI=1S/C15H8BrClF6N2OS/c16-8-3-7(14(18,19)20)4-10(5-8)25(27)13(26)24-9-1-2-12(17)11(6-9)15(21,22)23/h1-6,27H,(H,24,26). The molecule has 0 spiro atoms. The highest BCUT2D eigenvalue weighted by Crippen LogP contribution is 2.37. The lowest BCUT2D eigenvalue weighted by Crippen LogP contribution is -2.27. The van der Waals surface area contributed by atoms with Gasteiger partial charge in [-0.3, -0.25) is 0 Å². The van der Waals surface area contributed by atoms with Gasteiger partial charge in [0.15, 0.2) is 0 Å². The summed E-state index contributed by atoms with van der Waals surface area (Å²) in [6.45, 7) is 0. The molecule has 0 unspecified atom stereocenters. The van der Waals surface area contributed by atoms with Crippen molar-refractivity contribution in [3.8, 4) is 0 Å². The van der Waals surface area contributed by atoms with E-state index in [-0.39, 0.29) is 15.8 Å². The first-order valence-corrected chi connectivity index (χ1v) is 8.40. The highest BCUT2D eigenvalue weighted by molar-refractivity contribution is 9.10. The van der Waals surface area contributed by atoms with E-state index in [1.54, 1.807) is 0 Å². The largest absolute Gasteiger partial charge is 0.417 e. The number of carbonyl (C=O) groups is 1. The Bertz CT molecular complexity index is 874. The van der Waals surface area contributed by atoms with E-state index in [2.05, 4.69) is 34.1 Å². The Morgan fingerprint density at radius 1 is 1.04 bits per heavy atom. The number of hydrogen-bond acceptors (Lipinski definition) is 2. The van der Waals surface area contributed by atoms with Gasteiger partial charge in [-0.15, -0.1) is 0 Å². The lowest BCUT2D eigenvalue weighted by Gasteiger charge is -2.19. The zero-order valence-corrected chi connectivity index (χ0v) is 16.0. The van der Waals surface area contributed by atoms with Gasteiger partial charge >= 0.3 is 18.4 Å². The van der Waals surface area contributed by atoms with Crippen LogP contribution in [0.1, 0.15) is 11.1 Å². The molecule has 1 N–H and O–H groups in total. The van der Waals surface area contributed by atoms with Crippen LogP contribution >= 0.6 is 40.3 Å². The van der Waals surface area contributed by atoms with E-state index >= 15 is 0 Å². The number of thiol groups is 1. The number of anilines is 2. The van der Waals surface area contributed by atoms with Gasteiger partial charge in [0, 0.05) is 10.2 Å². The minimum Gasteiger partial charge on any atom is -0.307 e. The summed E-state index contributed by atoms with van der Waals surface area (Å²) in [5.41, 5.74) is -2.72. The third kappa shape index (κ3) is 5.45. The zero-order valence-electron chi connectivity index (χ0n) is 12.8. The summed E-state index contributed by atoms with van der Waals surface area (Å²) in [5, 5.41) is 1.55. The number of benzene rings is 2. The van der Waals surface area contributed by atoms with Crippen LogP contribution in [0.3, 0.4) is 0 Å². The normalized spacial score (nSPS) is 12.0. The molecule has 2 aromatic carbocycles. The van der Waals surface area contributed by atoms with Crippen LogP contribution in [-0.2, 0) is 12.4 Å². The number of urea groups is 1. The third-order valence-electron chi connectivity index (χ3n) is 3.17. The fourth-order valence-corrected chi connectivity index (χ4v) is 2.85. The molecular formula is C15H8BrClF6N2OS. The summed E-state index contributed by atoms with van der Waals surface area (Å²) in [6.07, 6.45) is -9.41. The average Bonchev–Trinajstić information content (AvgIpc) is 2.53. The van der Waals surface area contributed by atoms with Crippen molar-refractivity contribution in [2.24, 2.45) is 0 Å². The van der Waals surface area contributed by atoms with Crippen LogP contribution in [0.2, 0.25) is 5.02 Å². The summed E-state index contributed by atoms with van der Waals surface area (Å²) >= 11 is 12.2. The Hall–Kier alpha value is -1.59. The molecular weight excluding hydrogens is 486 g/mol. The van der Waals surface area contributed by atoms with Gasteiger partial charge in [-0.2, -0.15) is 26.3 Å². The summed E-state index contributed by atoms with van der Waals surface area (Å²) in [6, 6.07) is 4.23. The molecule has 0 aliphatic rings. The SMILES string of the molecule is O=C(Nc1ccc(Cl)c(C(F)(F)F)c1)N(S)c1cc(Br)cc(C(F)(F)F)c1. The van der Waals surface area contributed by atoms with Crippen LogP contribution in [0.5, 0.6) is 0 Å². The van der Waals surface area contributed by atoms with E-state index in [1.165, 1.54) is 6.07 Å². The van der Waals surface area contributed by atoms with E-state index < -0.39 is 34.5 Å². The quantitative estimate of drug-likeness (QED) is 0.342. The van der Waals surface area contributed by atoms with Crippen molar-refractivity contribution in [1.82, 2.24) is 0 Å². The third-order valence-corrected chi connectivity index (χ3v) is 4.37. The molecule has 2 aromatic rings. The number of carbonyl (C=O) groups excluding carboxylic acids is 1. The number of nitrogens with one attached hydrogen (secondary N) is 1. The maximum atomic E-state index is 12.9. The summed E-state index contributed by atoms with van der Waals surface area (Å²) < 4.78 is 77.7. The molecule has 0 fully saturated rings. The number of alkyl halides is 6. The van der Waals surface area contributed by atoms with Gasteiger partial charge in [-0.25, -0.2) is 9.10 Å². The predicted octanol–water partition coefficient (Wildman–Crippen LogP) is 7.02. The Balaban J connectivity index is 2.28. The van der Waals surface area contributed by atoms with Gasteiger partial charge in [-0.05, 0) is 36.4 Å². The minimum absolute atomic E-state index is 0.0324. The number of nitrogens with zero attached hydrogens (tertiary/aromatic N) is 1. The smallest absolute Gasteiger partial charge is 0.307 e. The van der Waals surface area contributed by atoms with Crippen molar-refractivity contribution < 1.29 is 31.1 Å². The maximum absolute atomic E-state index is 12.9. The van der Waals surface area contributed by atoms with Crippen LogP contribution in [0.4, 0.5) is 42.5 Å². The molecule has 0 aromatic heterocycles. The summed E-state index contributed by atoms with van der Waals surface area (Å²) in [7, 11) is 0. The number of amides is 2. The lowest BCUT2D eigenvalue weighted by molar-refractivity contribution is -0.138. The van der Waals surface area contributed by atoms with Crippen molar-refractivity contribution >= 4 is 57.8 Å². The summed E-state index contributed by atoms with van der Waals surface area (Å²) in [5.74, 6) is 0. The molecule has 2 rings (SSSR count). The van der Waals surface area contributed by atoms with Gasteiger partial charge in [0.25, 0.3) is 0 Å². The number of hydrogen-bond donors (Lipinski definition) is 2. The second kappa shape index (κ2) is 7.80. The van der Waals surface area contributed by atoms with Gasteiger partial charge in [0.2, 0.25) is 0 Å². The highest BCUT2D eigenvalue weighted by atomic mass is 79.9. The second-order valence-corrected chi connectivity index (χ2v) is 6.85. The maximum Gasteiger partial charge on any atom is 0.417 e.